The summed E-state index contributed by atoms with van der Waals surface area (Å²) >= 11 is 0. The summed E-state index contributed by atoms with van der Waals surface area (Å²) in [6, 6.07) is 13.5. The lowest BCUT2D eigenvalue weighted by Gasteiger charge is -2.10. The van der Waals surface area contributed by atoms with Gasteiger partial charge in [0.15, 0.2) is 5.78 Å². The van der Waals surface area contributed by atoms with Crippen LogP contribution in [0.3, 0.4) is 0 Å². The Morgan fingerprint density at radius 1 is 1.12 bits per heavy atom. The summed E-state index contributed by atoms with van der Waals surface area (Å²) < 4.78 is 6.84. The van der Waals surface area contributed by atoms with Gasteiger partial charge in [-0.15, -0.1) is 0 Å². The van der Waals surface area contributed by atoms with Gasteiger partial charge in [-0.2, -0.15) is 5.10 Å². The Balaban J connectivity index is 1.56. The van der Waals surface area contributed by atoms with Crippen LogP contribution in [-0.2, 0) is 16.0 Å². The quantitative estimate of drug-likeness (QED) is 0.552. The molecule has 0 bridgehead atoms. The van der Waals surface area contributed by atoms with Crippen LogP contribution in [0.15, 0.2) is 48.5 Å². The van der Waals surface area contributed by atoms with E-state index >= 15 is 0 Å². The number of nitrogens with one attached hydrogen (secondary N) is 2. The first-order chi connectivity index (χ1) is 15.4. The minimum Gasteiger partial charge on any atom is -0.497 e. The Bertz CT molecular complexity index is 1180. The smallest absolute Gasteiger partial charge is 0.251 e. The number of aromatic nitrogens is 2. The second-order valence-electron chi connectivity index (χ2n) is 7.59. The van der Waals surface area contributed by atoms with E-state index in [1.54, 1.807) is 36.1 Å². The van der Waals surface area contributed by atoms with Crippen molar-refractivity contribution in [2.75, 3.05) is 17.7 Å². The number of nitrogens with zero attached hydrogens (tertiary/aromatic N) is 2. The molecule has 1 aliphatic heterocycles. The van der Waals surface area contributed by atoms with E-state index in [4.69, 9.17) is 4.74 Å². The Hall–Kier alpha value is -3.94. The average molecular weight is 432 g/mol. The lowest BCUT2D eigenvalue weighted by Crippen LogP contribution is -2.24. The van der Waals surface area contributed by atoms with E-state index in [0.717, 1.165) is 22.6 Å². The molecule has 0 saturated heterocycles. The number of Topliss-reactive ketones (excluding diaryl/α,β-unsaturated/α-hetero) is 1. The van der Waals surface area contributed by atoms with Crippen molar-refractivity contribution in [1.29, 1.82) is 0 Å². The Morgan fingerprint density at radius 3 is 2.41 bits per heavy atom. The summed E-state index contributed by atoms with van der Waals surface area (Å²) in [6.07, 6.45) is 0.624. The zero-order valence-electron chi connectivity index (χ0n) is 18.1. The number of amides is 2. The fourth-order valence-electron chi connectivity index (χ4n) is 3.80. The summed E-state index contributed by atoms with van der Waals surface area (Å²) in [4.78, 5) is 36.7. The van der Waals surface area contributed by atoms with E-state index in [2.05, 4.69) is 15.7 Å². The summed E-state index contributed by atoms with van der Waals surface area (Å²) in [5, 5.41) is 10.3. The van der Waals surface area contributed by atoms with Gasteiger partial charge in [0.2, 0.25) is 5.91 Å². The number of hydrogen-bond donors (Lipinski definition) is 2. The molecule has 32 heavy (non-hydrogen) atoms. The highest BCUT2D eigenvalue weighted by molar-refractivity contribution is 6.04. The largest absolute Gasteiger partial charge is 0.497 e. The number of carbonyl (C=O) groups excluding carboxylic acids is 3. The van der Waals surface area contributed by atoms with Gasteiger partial charge in [-0.3, -0.25) is 14.4 Å². The van der Waals surface area contributed by atoms with Crippen LogP contribution in [0.1, 0.15) is 42.4 Å². The molecule has 164 valence electrons. The third-order valence-corrected chi connectivity index (χ3v) is 5.49. The topological polar surface area (TPSA) is 102 Å². The number of ether oxygens (including phenoxy) is 1. The van der Waals surface area contributed by atoms with E-state index in [1.807, 2.05) is 31.2 Å². The lowest BCUT2D eigenvalue weighted by atomic mass is 10.0. The zero-order chi connectivity index (χ0) is 22.8. The second kappa shape index (κ2) is 8.66. The molecule has 1 atom stereocenters. The molecular weight excluding hydrogens is 408 g/mol. The number of carbonyl (C=O) groups is 3. The molecule has 1 aliphatic rings. The minimum atomic E-state index is -0.737. The van der Waals surface area contributed by atoms with Gasteiger partial charge in [0.1, 0.15) is 17.6 Å². The molecule has 4 rings (SSSR count). The van der Waals surface area contributed by atoms with Crippen LogP contribution in [0.25, 0.3) is 11.1 Å². The first-order valence-corrected chi connectivity index (χ1v) is 10.4. The molecule has 8 heteroatoms. The number of benzene rings is 2. The van der Waals surface area contributed by atoms with Gasteiger partial charge in [-0.05, 0) is 55.3 Å². The number of rotatable bonds is 7. The Morgan fingerprint density at radius 2 is 1.81 bits per heavy atom. The van der Waals surface area contributed by atoms with Gasteiger partial charge in [-0.1, -0.05) is 19.1 Å². The fraction of sp³-hybridized carbons (Fsp3) is 0.250. The maximum atomic E-state index is 12.7. The van der Waals surface area contributed by atoms with Gasteiger partial charge >= 0.3 is 0 Å². The standard InChI is InChI=1S/C24H24N4O4/c1-4-19-22(16-7-11-18(32-3)12-8-16)23-26-24(31)20(28(23)27-19)13-21(30)25-17-9-5-15(6-10-17)14(2)29/h5-12,20H,4,13H2,1-3H3,(H,25,30)(H,26,31). The molecule has 0 radical (unpaired) electrons. The second-order valence-corrected chi connectivity index (χ2v) is 7.59. The van der Waals surface area contributed by atoms with Crippen LogP contribution in [-0.4, -0.2) is 34.5 Å². The van der Waals surface area contributed by atoms with E-state index in [-0.39, 0.29) is 24.0 Å². The van der Waals surface area contributed by atoms with Crippen LogP contribution in [0, 0.1) is 0 Å². The van der Waals surface area contributed by atoms with Crippen LogP contribution in [0.4, 0.5) is 11.5 Å². The van der Waals surface area contributed by atoms with Crippen LogP contribution < -0.4 is 15.4 Å². The van der Waals surface area contributed by atoms with Gasteiger partial charge in [0.05, 0.1) is 19.2 Å². The fourth-order valence-corrected chi connectivity index (χ4v) is 3.80. The number of methoxy groups -OCH3 is 1. The molecule has 0 aliphatic carbocycles. The van der Waals surface area contributed by atoms with Crippen LogP contribution in [0.5, 0.6) is 5.75 Å². The first kappa shape index (κ1) is 21.3. The number of fused-ring (bicyclic) bond motifs is 1. The number of anilines is 2. The molecule has 0 fully saturated rings. The molecular formula is C24H24N4O4. The third-order valence-electron chi connectivity index (χ3n) is 5.49. The third kappa shape index (κ3) is 3.99. The molecule has 0 spiro atoms. The van der Waals surface area contributed by atoms with Gasteiger partial charge in [-0.25, -0.2) is 4.68 Å². The summed E-state index contributed by atoms with van der Waals surface area (Å²) in [5.41, 5.74) is 3.74. The van der Waals surface area contributed by atoms with Gasteiger partial charge in [0, 0.05) is 16.8 Å². The van der Waals surface area contributed by atoms with E-state index in [0.29, 0.717) is 23.5 Å². The van der Waals surface area contributed by atoms with Crippen molar-refractivity contribution in [2.24, 2.45) is 0 Å². The minimum absolute atomic E-state index is 0.0453. The Labute approximate surface area is 185 Å². The number of aryl methyl sites for hydroxylation is 1. The van der Waals surface area contributed by atoms with E-state index < -0.39 is 6.04 Å². The van der Waals surface area contributed by atoms with Crippen molar-refractivity contribution < 1.29 is 19.1 Å². The maximum Gasteiger partial charge on any atom is 0.251 e. The van der Waals surface area contributed by atoms with Crippen molar-refractivity contribution >= 4 is 29.1 Å². The maximum absolute atomic E-state index is 12.7. The van der Waals surface area contributed by atoms with E-state index in [1.165, 1.54) is 6.92 Å². The van der Waals surface area contributed by atoms with Crippen molar-refractivity contribution in [1.82, 2.24) is 9.78 Å². The van der Waals surface area contributed by atoms with Crippen LogP contribution >= 0.6 is 0 Å². The molecule has 3 aromatic rings. The Kier molecular flexibility index (Phi) is 5.77. The molecule has 1 unspecified atom stereocenters. The normalized spacial score (nSPS) is 14.6. The predicted molar refractivity (Wildman–Crippen MR) is 121 cm³/mol. The van der Waals surface area contributed by atoms with Crippen LogP contribution in [0.2, 0.25) is 0 Å². The summed E-state index contributed by atoms with van der Waals surface area (Å²) in [5.74, 6) is 0.711. The van der Waals surface area contributed by atoms with E-state index in [9.17, 15) is 14.4 Å². The average Bonchev–Trinajstić information content (AvgIpc) is 3.29. The molecule has 2 N–H and O–H groups in total. The molecule has 2 aromatic carbocycles. The number of ketones is 1. The molecule has 0 saturated carbocycles. The highest BCUT2D eigenvalue weighted by Gasteiger charge is 2.36. The van der Waals surface area contributed by atoms with Crippen molar-refractivity contribution in [3.8, 4) is 16.9 Å². The highest BCUT2D eigenvalue weighted by atomic mass is 16.5. The SMILES string of the molecule is CCc1nn2c(c1-c1ccc(OC)cc1)NC(=O)C2CC(=O)Nc1ccc(C(C)=O)cc1. The monoisotopic (exact) mass is 432 g/mol. The zero-order valence-corrected chi connectivity index (χ0v) is 18.1. The van der Waals surface area contributed by atoms with Crippen molar-refractivity contribution in [3.05, 3.63) is 59.8 Å². The summed E-state index contributed by atoms with van der Waals surface area (Å²) in [7, 11) is 1.61. The number of hydrogen-bond acceptors (Lipinski definition) is 5. The molecule has 8 nitrogen and oxygen atoms in total. The highest BCUT2D eigenvalue weighted by Crippen LogP contribution is 2.39. The van der Waals surface area contributed by atoms with Crippen molar-refractivity contribution in [2.45, 2.75) is 32.7 Å². The van der Waals surface area contributed by atoms with Crippen molar-refractivity contribution in [3.63, 3.8) is 0 Å². The summed E-state index contributed by atoms with van der Waals surface area (Å²) in [6.45, 7) is 3.48. The first-order valence-electron chi connectivity index (χ1n) is 10.4. The molecule has 2 amide bonds. The van der Waals surface area contributed by atoms with Gasteiger partial charge in [0.25, 0.3) is 5.91 Å². The predicted octanol–water partition coefficient (Wildman–Crippen LogP) is 3.85. The lowest BCUT2D eigenvalue weighted by molar-refractivity contribution is -0.123. The molecule has 2 heterocycles. The van der Waals surface area contributed by atoms with Gasteiger partial charge < -0.3 is 15.4 Å². The molecule has 1 aromatic heterocycles.